The first kappa shape index (κ1) is 15.9. The van der Waals surface area contributed by atoms with Crippen molar-refractivity contribution < 1.29 is 9.59 Å². The number of nitrogens with zero attached hydrogens (tertiary/aromatic N) is 1. The highest BCUT2D eigenvalue weighted by molar-refractivity contribution is 5.96. The molecule has 0 bridgehead atoms. The Labute approximate surface area is 115 Å². The molecule has 4 N–H and O–H groups in total. The van der Waals surface area contributed by atoms with E-state index in [-0.39, 0.29) is 11.9 Å². The molecule has 110 valence electrons. The molecule has 3 amide bonds. The SMILES string of the molecule is CC(C)NCC1CCN(C(C)C(=O)NC(N)=O)CC1. The Hall–Kier alpha value is -1.14. The third-order valence-electron chi connectivity index (χ3n) is 3.64. The lowest BCUT2D eigenvalue weighted by molar-refractivity contribution is -0.125. The summed E-state index contributed by atoms with van der Waals surface area (Å²) < 4.78 is 0. The standard InChI is InChI=1S/C13H26N4O2/c1-9(2)15-8-11-4-6-17(7-5-11)10(3)12(18)16-13(14)19/h9-11,15H,4-8H2,1-3H3,(H3,14,16,18,19). The lowest BCUT2D eigenvalue weighted by atomic mass is 9.95. The monoisotopic (exact) mass is 270 g/mol. The van der Waals surface area contributed by atoms with Gasteiger partial charge in [-0.15, -0.1) is 0 Å². The van der Waals surface area contributed by atoms with E-state index in [1.54, 1.807) is 0 Å². The molecular weight excluding hydrogens is 244 g/mol. The maximum atomic E-state index is 11.7. The molecule has 19 heavy (non-hydrogen) atoms. The minimum Gasteiger partial charge on any atom is -0.351 e. The second-order valence-electron chi connectivity index (χ2n) is 5.57. The van der Waals surface area contributed by atoms with Crippen LogP contribution in [0.5, 0.6) is 0 Å². The number of nitrogens with one attached hydrogen (secondary N) is 2. The smallest absolute Gasteiger partial charge is 0.318 e. The van der Waals surface area contributed by atoms with Crippen molar-refractivity contribution in [2.75, 3.05) is 19.6 Å². The van der Waals surface area contributed by atoms with Crippen molar-refractivity contribution >= 4 is 11.9 Å². The molecule has 6 nitrogen and oxygen atoms in total. The van der Waals surface area contributed by atoms with Crippen LogP contribution in [0.15, 0.2) is 0 Å². The topological polar surface area (TPSA) is 87.5 Å². The molecule has 0 aromatic carbocycles. The van der Waals surface area contributed by atoms with Crippen molar-refractivity contribution in [3.05, 3.63) is 0 Å². The minimum absolute atomic E-state index is 0.300. The van der Waals surface area contributed by atoms with Gasteiger partial charge in [0.25, 0.3) is 0 Å². The lowest BCUT2D eigenvalue weighted by Gasteiger charge is -2.35. The maximum absolute atomic E-state index is 11.7. The first-order valence-electron chi connectivity index (χ1n) is 6.98. The molecule has 1 rings (SSSR count). The number of primary amides is 1. The summed E-state index contributed by atoms with van der Waals surface area (Å²) in [5, 5.41) is 5.59. The molecule has 6 heteroatoms. The van der Waals surface area contributed by atoms with E-state index < -0.39 is 6.03 Å². The van der Waals surface area contributed by atoms with E-state index in [4.69, 9.17) is 5.73 Å². The van der Waals surface area contributed by atoms with Crippen LogP contribution in [0, 0.1) is 5.92 Å². The Morgan fingerprint density at radius 3 is 2.32 bits per heavy atom. The van der Waals surface area contributed by atoms with Crippen LogP contribution in [0.25, 0.3) is 0 Å². The fourth-order valence-corrected chi connectivity index (χ4v) is 2.34. The number of amides is 3. The third kappa shape index (κ3) is 5.57. The van der Waals surface area contributed by atoms with Gasteiger partial charge < -0.3 is 11.1 Å². The summed E-state index contributed by atoms with van der Waals surface area (Å²) in [6.07, 6.45) is 2.15. The fourth-order valence-electron chi connectivity index (χ4n) is 2.34. The lowest BCUT2D eigenvalue weighted by Crippen LogP contribution is -2.51. The van der Waals surface area contributed by atoms with Gasteiger partial charge in [0.15, 0.2) is 0 Å². The molecule has 0 saturated carbocycles. The van der Waals surface area contributed by atoms with Crippen molar-refractivity contribution in [1.82, 2.24) is 15.5 Å². The molecule has 0 aromatic heterocycles. The molecule has 1 saturated heterocycles. The van der Waals surface area contributed by atoms with Gasteiger partial charge in [-0.1, -0.05) is 13.8 Å². The van der Waals surface area contributed by atoms with Gasteiger partial charge >= 0.3 is 6.03 Å². The molecule has 1 heterocycles. The van der Waals surface area contributed by atoms with Crippen LogP contribution in [0.3, 0.4) is 0 Å². The van der Waals surface area contributed by atoms with Crippen LogP contribution in [-0.4, -0.2) is 48.6 Å². The van der Waals surface area contributed by atoms with E-state index in [1.165, 1.54) is 0 Å². The summed E-state index contributed by atoms with van der Waals surface area (Å²) in [4.78, 5) is 24.4. The van der Waals surface area contributed by atoms with Crippen LogP contribution < -0.4 is 16.4 Å². The summed E-state index contributed by atoms with van der Waals surface area (Å²) in [7, 11) is 0. The molecule has 0 spiro atoms. The van der Waals surface area contributed by atoms with Gasteiger partial charge in [-0.3, -0.25) is 15.0 Å². The Morgan fingerprint density at radius 2 is 1.84 bits per heavy atom. The van der Waals surface area contributed by atoms with E-state index >= 15 is 0 Å². The summed E-state index contributed by atoms with van der Waals surface area (Å²) in [5.74, 6) is 0.358. The zero-order valence-electron chi connectivity index (χ0n) is 12.1. The van der Waals surface area contributed by atoms with E-state index in [9.17, 15) is 9.59 Å². The summed E-state index contributed by atoms with van der Waals surface area (Å²) >= 11 is 0. The van der Waals surface area contributed by atoms with Gasteiger partial charge in [-0.25, -0.2) is 4.79 Å². The molecule has 0 radical (unpaired) electrons. The number of carbonyl (C=O) groups is 2. The Morgan fingerprint density at radius 1 is 1.26 bits per heavy atom. The van der Waals surface area contributed by atoms with Crippen LogP contribution in [0.2, 0.25) is 0 Å². The van der Waals surface area contributed by atoms with Crippen LogP contribution >= 0.6 is 0 Å². The molecule has 0 aromatic rings. The van der Waals surface area contributed by atoms with Gasteiger partial charge in [0.1, 0.15) is 0 Å². The summed E-state index contributed by atoms with van der Waals surface area (Å²) in [6, 6.07) is -0.572. The predicted molar refractivity (Wildman–Crippen MR) is 74.6 cm³/mol. The van der Waals surface area contributed by atoms with E-state index in [1.807, 2.05) is 6.92 Å². The van der Waals surface area contributed by atoms with Gasteiger partial charge in [0.2, 0.25) is 5.91 Å². The number of hydrogen-bond acceptors (Lipinski definition) is 4. The molecule has 1 aliphatic heterocycles. The van der Waals surface area contributed by atoms with Gasteiger partial charge in [-0.05, 0) is 45.3 Å². The van der Waals surface area contributed by atoms with Crippen LogP contribution in [-0.2, 0) is 4.79 Å². The third-order valence-corrected chi connectivity index (χ3v) is 3.64. The molecule has 0 aliphatic carbocycles. The summed E-state index contributed by atoms with van der Waals surface area (Å²) in [6.45, 7) is 8.91. The first-order valence-corrected chi connectivity index (χ1v) is 6.98. The van der Waals surface area contributed by atoms with Gasteiger partial charge in [0.05, 0.1) is 6.04 Å². The average Bonchev–Trinajstić information content (AvgIpc) is 2.35. The second kappa shape index (κ2) is 7.45. The number of piperidine rings is 1. The van der Waals surface area contributed by atoms with Crippen molar-refractivity contribution in [3.8, 4) is 0 Å². The highest BCUT2D eigenvalue weighted by Gasteiger charge is 2.26. The molecule has 1 unspecified atom stereocenters. The molecule has 1 atom stereocenters. The molecular formula is C13H26N4O2. The number of urea groups is 1. The first-order chi connectivity index (χ1) is 8.90. The quantitative estimate of drug-likeness (QED) is 0.669. The number of imide groups is 1. The maximum Gasteiger partial charge on any atom is 0.318 e. The zero-order valence-corrected chi connectivity index (χ0v) is 12.1. The van der Waals surface area contributed by atoms with E-state index in [0.717, 1.165) is 32.5 Å². The zero-order chi connectivity index (χ0) is 14.4. The van der Waals surface area contributed by atoms with Gasteiger partial charge in [0, 0.05) is 6.04 Å². The van der Waals surface area contributed by atoms with E-state index in [2.05, 4.69) is 29.4 Å². The van der Waals surface area contributed by atoms with Crippen molar-refractivity contribution in [3.63, 3.8) is 0 Å². The number of likely N-dealkylation sites (tertiary alicyclic amines) is 1. The molecule has 1 fully saturated rings. The van der Waals surface area contributed by atoms with Crippen molar-refractivity contribution in [1.29, 1.82) is 0 Å². The molecule has 1 aliphatic rings. The van der Waals surface area contributed by atoms with Crippen molar-refractivity contribution in [2.45, 2.75) is 45.7 Å². The fraction of sp³-hybridized carbons (Fsp3) is 0.846. The highest BCUT2D eigenvalue weighted by atomic mass is 16.2. The predicted octanol–water partition coefficient (Wildman–Crippen LogP) is 0.280. The van der Waals surface area contributed by atoms with Crippen molar-refractivity contribution in [2.24, 2.45) is 11.7 Å². The second-order valence-corrected chi connectivity index (χ2v) is 5.57. The Balaban J connectivity index is 2.32. The largest absolute Gasteiger partial charge is 0.351 e. The normalized spacial score (nSPS) is 19.4. The van der Waals surface area contributed by atoms with E-state index in [0.29, 0.717) is 12.0 Å². The Kier molecular flexibility index (Phi) is 6.24. The summed E-state index contributed by atoms with van der Waals surface area (Å²) in [5.41, 5.74) is 4.95. The number of carbonyl (C=O) groups excluding carboxylic acids is 2. The minimum atomic E-state index is -0.784. The number of nitrogens with two attached hydrogens (primary N) is 1. The van der Waals surface area contributed by atoms with Crippen LogP contribution in [0.1, 0.15) is 33.6 Å². The highest BCUT2D eigenvalue weighted by Crippen LogP contribution is 2.18. The average molecular weight is 270 g/mol. The van der Waals surface area contributed by atoms with Gasteiger partial charge in [-0.2, -0.15) is 0 Å². The number of hydrogen-bond donors (Lipinski definition) is 3. The van der Waals surface area contributed by atoms with Crippen LogP contribution in [0.4, 0.5) is 4.79 Å². The Bertz CT molecular complexity index is 312. The number of rotatable bonds is 5.